The standard InChI is InChI=1S/C22H23ClO4/c1-21(2,3)27-20(25)22(19(23)16-12-8-5-9-13-16)17(14-18(24)26-22)15-10-6-4-7-11-15/h4-13,17,19H,14H2,1-3H3/t17-,19+,22-/m0/s1. The van der Waals surface area contributed by atoms with Gasteiger partial charge in [-0.15, -0.1) is 11.6 Å². The molecule has 0 N–H and O–H groups in total. The van der Waals surface area contributed by atoms with Gasteiger partial charge in [-0.1, -0.05) is 60.7 Å². The number of ether oxygens (including phenoxy) is 2. The molecule has 5 heteroatoms. The van der Waals surface area contributed by atoms with Crippen LogP contribution < -0.4 is 0 Å². The van der Waals surface area contributed by atoms with Crippen LogP contribution in [0, 0.1) is 0 Å². The lowest BCUT2D eigenvalue weighted by atomic mass is 9.77. The predicted molar refractivity (Wildman–Crippen MR) is 104 cm³/mol. The van der Waals surface area contributed by atoms with Gasteiger partial charge in [0.2, 0.25) is 5.60 Å². The molecule has 1 heterocycles. The molecule has 1 aliphatic rings. The minimum absolute atomic E-state index is 0.0688. The number of rotatable bonds is 4. The fraction of sp³-hybridized carbons (Fsp3) is 0.364. The quantitative estimate of drug-likeness (QED) is 0.560. The Morgan fingerprint density at radius 3 is 2.22 bits per heavy atom. The SMILES string of the molecule is CC(C)(C)OC(=O)[C@]1([C@H](Cl)c2ccccc2)OC(=O)C[C@H]1c1ccccc1. The van der Waals surface area contributed by atoms with E-state index in [1.54, 1.807) is 20.8 Å². The van der Waals surface area contributed by atoms with Crippen molar-refractivity contribution in [3.8, 4) is 0 Å². The van der Waals surface area contributed by atoms with Crippen LogP contribution in [0.5, 0.6) is 0 Å². The lowest BCUT2D eigenvalue weighted by Crippen LogP contribution is -2.50. The van der Waals surface area contributed by atoms with Gasteiger partial charge >= 0.3 is 11.9 Å². The van der Waals surface area contributed by atoms with Gasteiger partial charge in [-0.3, -0.25) is 4.79 Å². The highest BCUT2D eigenvalue weighted by atomic mass is 35.5. The van der Waals surface area contributed by atoms with Crippen molar-refractivity contribution in [1.29, 1.82) is 0 Å². The van der Waals surface area contributed by atoms with Crippen molar-refractivity contribution in [2.24, 2.45) is 0 Å². The summed E-state index contributed by atoms with van der Waals surface area (Å²) in [5.74, 6) is -1.63. The minimum Gasteiger partial charge on any atom is -0.457 e. The molecule has 1 fully saturated rings. The van der Waals surface area contributed by atoms with Gasteiger partial charge in [-0.2, -0.15) is 0 Å². The molecular weight excluding hydrogens is 364 g/mol. The number of carbonyl (C=O) groups is 2. The third kappa shape index (κ3) is 3.86. The van der Waals surface area contributed by atoms with Crippen LogP contribution in [0.1, 0.15) is 49.6 Å². The molecule has 0 spiro atoms. The molecule has 4 nitrogen and oxygen atoms in total. The zero-order valence-electron chi connectivity index (χ0n) is 15.6. The number of carbonyl (C=O) groups excluding carboxylic acids is 2. The summed E-state index contributed by atoms with van der Waals surface area (Å²) in [6.45, 7) is 5.33. The molecule has 0 aliphatic carbocycles. The number of hydrogen-bond donors (Lipinski definition) is 0. The van der Waals surface area contributed by atoms with Crippen LogP contribution in [0.4, 0.5) is 0 Å². The molecule has 27 heavy (non-hydrogen) atoms. The summed E-state index contributed by atoms with van der Waals surface area (Å²) in [4.78, 5) is 25.7. The Kier molecular flexibility index (Phi) is 5.29. The van der Waals surface area contributed by atoms with E-state index in [2.05, 4.69) is 0 Å². The van der Waals surface area contributed by atoms with Crippen molar-refractivity contribution in [3.63, 3.8) is 0 Å². The molecule has 1 aliphatic heterocycles. The van der Waals surface area contributed by atoms with Crippen LogP contribution >= 0.6 is 11.6 Å². The average molecular weight is 387 g/mol. The summed E-state index contributed by atoms with van der Waals surface area (Å²) >= 11 is 6.82. The van der Waals surface area contributed by atoms with E-state index in [-0.39, 0.29) is 6.42 Å². The van der Waals surface area contributed by atoms with Crippen molar-refractivity contribution in [2.75, 3.05) is 0 Å². The molecule has 0 amide bonds. The largest absolute Gasteiger partial charge is 0.457 e. The molecular formula is C22H23ClO4. The van der Waals surface area contributed by atoms with Crippen molar-refractivity contribution < 1.29 is 19.1 Å². The van der Waals surface area contributed by atoms with Crippen LogP contribution in [0.25, 0.3) is 0 Å². The van der Waals surface area contributed by atoms with Crippen molar-refractivity contribution >= 4 is 23.5 Å². The Bertz CT molecular complexity index is 813. The van der Waals surface area contributed by atoms with Gasteiger partial charge in [-0.05, 0) is 31.9 Å². The first kappa shape index (κ1) is 19.4. The fourth-order valence-electron chi connectivity index (χ4n) is 3.41. The van der Waals surface area contributed by atoms with Gasteiger partial charge in [0.05, 0.1) is 6.42 Å². The maximum Gasteiger partial charge on any atom is 0.353 e. The monoisotopic (exact) mass is 386 g/mol. The molecule has 142 valence electrons. The number of halogens is 1. The molecule has 3 atom stereocenters. The lowest BCUT2D eigenvalue weighted by molar-refractivity contribution is -0.185. The molecule has 0 bridgehead atoms. The van der Waals surface area contributed by atoms with Crippen LogP contribution in [0.15, 0.2) is 60.7 Å². The first-order chi connectivity index (χ1) is 12.7. The summed E-state index contributed by atoms with van der Waals surface area (Å²) < 4.78 is 11.4. The molecule has 2 aromatic rings. The van der Waals surface area contributed by atoms with Crippen LogP contribution in [0.2, 0.25) is 0 Å². The van der Waals surface area contributed by atoms with Crippen LogP contribution in [-0.4, -0.2) is 23.1 Å². The van der Waals surface area contributed by atoms with E-state index >= 15 is 0 Å². The van der Waals surface area contributed by atoms with E-state index in [1.807, 2.05) is 60.7 Å². The van der Waals surface area contributed by atoms with Crippen molar-refractivity contribution in [1.82, 2.24) is 0 Å². The normalized spacial score (nSPS) is 23.6. The Hall–Kier alpha value is -2.33. The van der Waals surface area contributed by atoms with Crippen molar-refractivity contribution in [2.45, 2.75) is 49.7 Å². The summed E-state index contributed by atoms with van der Waals surface area (Å²) in [6.07, 6.45) is 0.0688. The van der Waals surface area contributed by atoms with E-state index in [4.69, 9.17) is 21.1 Å². The first-order valence-electron chi connectivity index (χ1n) is 8.93. The first-order valence-corrected chi connectivity index (χ1v) is 9.37. The summed E-state index contributed by atoms with van der Waals surface area (Å²) in [7, 11) is 0. The second-order valence-electron chi connectivity index (χ2n) is 7.71. The maximum absolute atomic E-state index is 13.3. The zero-order chi connectivity index (χ0) is 19.7. The fourth-order valence-corrected chi connectivity index (χ4v) is 3.84. The van der Waals surface area contributed by atoms with E-state index in [9.17, 15) is 9.59 Å². The summed E-state index contributed by atoms with van der Waals surface area (Å²) in [5, 5.41) is -0.884. The summed E-state index contributed by atoms with van der Waals surface area (Å²) in [6, 6.07) is 18.5. The number of esters is 2. The number of benzene rings is 2. The highest BCUT2D eigenvalue weighted by Gasteiger charge is 2.62. The average Bonchev–Trinajstić information content (AvgIpc) is 3.00. The van der Waals surface area contributed by atoms with E-state index in [0.29, 0.717) is 5.56 Å². The Morgan fingerprint density at radius 1 is 1.11 bits per heavy atom. The maximum atomic E-state index is 13.3. The minimum atomic E-state index is -1.63. The smallest absolute Gasteiger partial charge is 0.353 e. The topological polar surface area (TPSA) is 52.6 Å². The number of alkyl halides is 1. The van der Waals surface area contributed by atoms with Crippen LogP contribution in [-0.2, 0) is 19.1 Å². The Labute approximate surface area is 164 Å². The molecule has 2 aromatic carbocycles. The zero-order valence-corrected chi connectivity index (χ0v) is 16.4. The van der Waals surface area contributed by atoms with Gasteiger partial charge < -0.3 is 9.47 Å². The van der Waals surface area contributed by atoms with E-state index in [1.165, 1.54) is 0 Å². The molecule has 1 saturated heterocycles. The Morgan fingerprint density at radius 2 is 1.67 bits per heavy atom. The molecule has 0 saturated carbocycles. The third-order valence-electron chi connectivity index (χ3n) is 4.56. The number of hydrogen-bond acceptors (Lipinski definition) is 4. The molecule has 0 radical (unpaired) electrons. The molecule has 0 aromatic heterocycles. The molecule has 0 unspecified atom stereocenters. The summed E-state index contributed by atoms with van der Waals surface area (Å²) in [5.41, 5.74) is -0.862. The van der Waals surface area contributed by atoms with Gasteiger partial charge in [-0.25, -0.2) is 4.79 Å². The second kappa shape index (κ2) is 7.35. The van der Waals surface area contributed by atoms with E-state index in [0.717, 1.165) is 5.56 Å². The highest BCUT2D eigenvalue weighted by Crippen LogP contribution is 2.52. The van der Waals surface area contributed by atoms with E-state index < -0.39 is 34.4 Å². The van der Waals surface area contributed by atoms with Gasteiger partial charge in [0.15, 0.2) is 0 Å². The second-order valence-corrected chi connectivity index (χ2v) is 8.15. The third-order valence-corrected chi connectivity index (χ3v) is 5.14. The molecule has 3 rings (SSSR count). The van der Waals surface area contributed by atoms with Gasteiger partial charge in [0.25, 0.3) is 0 Å². The lowest BCUT2D eigenvalue weighted by Gasteiger charge is -2.37. The highest BCUT2D eigenvalue weighted by molar-refractivity contribution is 6.24. The van der Waals surface area contributed by atoms with Gasteiger partial charge in [0, 0.05) is 5.92 Å². The number of cyclic esters (lactones) is 1. The Balaban J connectivity index is 2.14. The van der Waals surface area contributed by atoms with Crippen molar-refractivity contribution in [3.05, 3.63) is 71.8 Å². The predicted octanol–water partition coefficient (Wildman–Crippen LogP) is 4.78. The van der Waals surface area contributed by atoms with Crippen LogP contribution in [0.3, 0.4) is 0 Å². The van der Waals surface area contributed by atoms with Gasteiger partial charge in [0.1, 0.15) is 11.0 Å².